The molecule has 2 aromatic carbocycles. The molecule has 4 rings (SSSR count). The fraction of sp³-hybridized carbons (Fsp3) is 0.370. The molecule has 2 aromatic rings. The number of carbonyl (C=O) groups excluding carboxylic acids is 3. The highest BCUT2D eigenvalue weighted by Crippen LogP contribution is 2.38. The van der Waals surface area contributed by atoms with Crippen LogP contribution < -0.4 is 9.47 Å². The monoisotopic (exact) mass is 688 g/mol. The zero-order valence-electron chi connectivity index (χ0n) is 20.8. The summed E-state index contributed by atoms with van der Waals surface area (Å²) in [5, 5.41) is 0.611. The van der Waals surface area contributed by atoms with Gasteiger partial charge in [-0.05, 0) is 90.0 Å². The lowest BCUT2D eigenvalue weighted by molar-refractivity contribution is -0.135. The predicted molar refractivity (Wildman–Crippen MR) is 159 cm³/mol. The third-order valence-corrected chi connectivity index (χ3v) is 8.44. The summed E-state index contributed by atoms with van der Waals surface area (Å²) >= 11 is 15.3. The number of nitrogens with zero attached hydrogens (tertiary/aromatic N) is 2. The summed E-state index contributed by atoms with van der Waals surface area (Å²) in [6.07, 6.45) is 5.72. The van der Waals surface area contributed by atoms with Gasteiger partial charge in [-0.1, -0.05) is 42.1 Å². The van der Waals surface area contributed by atoms with E-state index in [1.807, 2.05) is 13.0 Å². The van der Waals surface area contributed by atoms with Crippen LogP contribution in [0, 0.1) is 3.57 Å². The molecule has 0 atom stereocenters. The van der Waals surface area contributed by atoms with Gasteiger partial charge in [0, 0.05) is 28.7 Å². The molecule has 0 aliphatic carbocycles. The van der Waals surface area contributed by atoms with Crippen molar-refractivity contribution in [2.24, 2.45) is 0 Å². The molecule has 0 bridgehead atoms. The summed E-state index contributed by atoms with van der Waals surface area (Å²) in [7, 11) is 0. The molecular formula is C27H27Cl2IN2O5S. The summed E-state index contributed by atoms with van der Waals surface area (Å²) in [4.78, 5) is 41.5. The quantitative estimate of drug-likeness (QED) is 0.219. The molecule has 0 radical (unpaired) electrons. The van der Waals surface area contributed by atoms with Crippen molar-refractivity contribution in [1.82, 2.24) is 9.80 Å². The van der Waals surface area contributed by atoms with Gasteiger partial charge in [0.2, 0.25) is 5.91 Å². The Balaban J connectivity index is 1.50. The van der Waals surface area contributed by atoms with Crippen LogP contribution in [0.2, 0.25) is 10.0 Å². The first kappa shape index (κ1) is 29.0. The number of ether oxygens (including phenoxy) is 2. The number of hydrogen-bond donors (Lipinski definition) is 0. The lowest BCUT2D eigenvalue weighted by Gasteiger charge is -2.22. The highest BCUT2D eigenvalue weighted by Gasteiger charge is 2.37. The molecule has 0 saturated carbocycles. The average Bonchev–Trinajstić information content (AvgIpc) is 3.05. The Morgan fingerprint density at radius 2 is 1.82 bits per heavy atom. The number of rotatable bonds is 8. The number of amides is 3. The molecule has 3 amide bonds. The Morgan fingerprint density at radius 1 is 1.08 bits per heavy atom. The summed E-state index contributed by atoms with van der Waals surface area (Å²) in [5.41, 5.74) is 1.46. The summed E-state index contributed by atoms with van der Waals surface area (Å²) < 4.78 is 12.7. The third-order valence-electron chi connectivity index (χ3n) is 6.14. The van der Waals surface area contributed by atoms with Crippen molar-refractivity contribution in [2.45, 2.75) is 39.2 Å². The molecule has 2 heterocycles. The van der Waals surface area contributed by atoms with Gasteiger partial charge in [0.1, 0.15) is 13.2 Å². The molecule has 0 unspecified atom stereocenters. The van der Waals surface area contributed by atoms with E-state index in [1.54, 1.807) is 35.2 Å². The van der Waals surface area contributed by atoms with Crippen molar-refractivity contribution in [3.8, 4) is 11.5 Å². The standard InChI is InChI=1S/C27H27Cl2IN2O5S/c1-2-36-22-12-17(11-21(30)25(22)37-16-18-7-8-19(28)14-20(18)29)13-23-26(34)32(27(35)38-23)15-24(33)31-9-5-3-4-6-10-31/h7-8,11-14H,2-6,9-10,15-16H2,1H3. The normalized spacial score (nSPS) is 17.2. The molecule has 2 fully saturated rings. The number of halogens is 3. The number of thioether (sulfide) groups is 1. The van der Waals surface area contributed by atoms with Crippen molar-refractivity contribution in [3.63, 3.8) is 0 Å². The van der Waals surface area contributed by atoms with Gasteiger partial charge in [-0.25, -0.2) is 0 Å². The summed E-state index contributed by atoms with van der Waals surface area (Å²) in [6.45, 7) is 3.60. The van der Waals surface area contributed by atoms with Crippen molar-refractivity contribution >= 4 is 80.7 Å². The Hall–Kier alpha value is -1.95. The molecule has 2 saturated heterocycles. The molecule has 0 N–H and O–H groups in total. The molecule has 2 aliphatic rings. The Bertz CT molecular complexity index is 1260. The largest absolute Gasteiger partial charge is 0.490 e. The van der Waals surface area contributed by atoms with Crippen LogP contribution in [0.3, 0.4) is 0 Å². The van der Waals surface area contributed by atoms with E-state index in [2.05, 4.69) is 22.6 Å². The van der Waals surface area contributed by atoms with Crippen LogP contribution in [0.25, 0.3) is 6.08 Å². The molecule has 38 heavy (non-hydrogen) atoms. The lowest BCUT2D eigenvalue weighted by Crippen LogP contribution is -2.42. The van der Waals surface area contributed by atoms with Gasteiger partial charge in [-0.2, -0.15) is 0 Å². The van der Waals surface area contributed by atoms with E-state index in [9.17, 15) is 14.4 Å². The number of carbonyl (C=O) groups is 3. The van der Waals surface area contributed by atoms with Crippen LogP contribution in [0.15, 0.2) is 35.2 Å². The number of likely N-dealkylation sites (tertiary alicyclic amines) is 1. The molecule has 0 aromatic heterocycles. The van der Waals surface area contributed by atoms with Gasteiger partial charge in [-0.15, -0.1) is 0 Å². The smallest absolute Gasteiger partial charge is 0.294 e. The highest BCUT2D eigenvalue weighted by molar-refractivity contribution is 14.1. The zero-order chi connectivity index (χ0) is 27.2. The van der Waals surface area contributed by atoms with Crippen LogP contribution in [0.1, 0.15) is 43.7 Å². The zero-order valence-corrected chi connectivity index (χ0v) is 25.3. The van der Waals surface area contributed by atoms with E-state index in [4.69, 9.17) is 32.7 Å². The third kappa shape index (κ3) is 7.16. The Kier molecular flexibility index (Phi) is 10.2. The maximum Gasteiger partial charge on any atom is 0.294 e. The van der Waals surface area contributed by atoms with Crippen LogP contribution in [-0.4, -0.2) is 53.1 Å². The van der Waals surface area contributed by atoms with Crippen molar-refractivity contribution in [1.29, 1.82) is 0 Å². The Labute approximate surface area is 249 Å². The first-order chi connectivity index (χ1) is 18.3. The molecule has 0 spiro atoms. The molecule has 11 heteroatoms. The minimum atomic E-state index is -0.464. The summed E-state index contributed by atoms with van der Waals surface area (Å²) in [5.74, 6) is 0.401. The first-order valence-electron chi connectivity index (χ1n) is 12.3. The van der Waals surface area contributed by atoms with E-state index >= 15 is 0 Å². The SMILES string of the molecule is CCOc1cc(C=C2SC(=O)N(CC(=O)N3CCCCCC3)C2=O)cc(I)c1OCc1ccc(Cl)cc1Cl. The van der Waals surface area contributed by atoms with Gasteiger partial charge in [0.25, 0.3) is 11.1 Å². The number of hydrogen-bond acceptors (Lipinski definition) is 6. The van der Waals surface area contributed by atoms with Crippen LogP contribution in [-0.2, 0) is 16.2 Å². The number of benzene rings is 2. The Morgan fingerprint density at radius 3 is 2.50 bits per heavy atom. The van der Waals surface area contributed by atoms with Crippen molar-refractivity contribution in [2.75, 3.05) is 26.2 Å². The first-order valence-corrected chi connectivity index (χ1v) is 15.0. The molecule has 202 valence electrons. The second-order valence-electron chi connectivity index (χ2n) is 8.85. The minimum Gasteiger partial charge on any atom is -0.490 e. The summed E-state index contributed by atoms with van der Waals surface area (Å²) in [6, 6.07) is 8.82. The topological polar surface area (TPSA) is 76.2 Å². The van der Waals surface area contributed by atoms with E-state index < -0.39 is 11.1 Å². The van der Waals surface area contributed by atoms with Gasteiger partial charge in [0.15, 0.2) is 11.5 Å². The van der Waals surface area contributed by atoms with Crippen LogP contribution in [0.5, 0.6) is 11.5 Å². The van der Waals surface area contributed by atoms with Gasteiger partial charge >= 0.3 is 0 Å². The minimum absolute atomic E-state index is 0.189. The maximum absolute atomic E-state index is 13.0. The van der Waals surface area contributed by atoms with E-state index in [1.165, 1.54) is 0 Å². The molecular weight excluding hydrogens is 662 g/mol. The average molecular weight is 689 g/mol. The van der Waals surface area contributed by atoms with E-state index in [-0.39, 0.29) is 24.0 Å². The fourth-order valence-corrected chi connectivity index (χ4v) is 6.29. The van der Waals surface area contributed by atoms with Crippen LogP contribution in [0.4, 0.5) is 4.79 Å². The number of imide groups is 1. The molecule has 7 nitrogen and oxygen atoms in total. The van der Waals surface area contributed by atoms with Gasteiger partial charge < -0.3 is 14.4 Å². The van der Waals surface area contributed by atoms with Crippen molar-refractivity contribution < 1.29 is 23.9 Å². The predicted octanol–water partition coefficient (Wildman–Crippen LogP) is 7.01. The fourth-order valence-electron chi connectivity index (χ4n) is 4.21. The van der Waals surface area contributed by atoms with Gasteiger partial charge in [0.05, 0.1) is 15.1 Å². The second kappa shape index (κ2) is 13.4. The lowest BCUT2D eigenvalue weighted by atomic mass is 10.1. The molecule has 2 aliphatic heterocycles. The van der Waals surface area contributed by atoms with Crippen molar-refractivity contribution in [3.05, 3.63) is 60.0 Å². The highest BCUT2D eigenvalue weighted by atomic mass is 127. The second-order valence-corrected chi connectivity index (χ2v) is 11.8. The van der Waals surface area contributed by atoms with E-state index in [0.717, 1.165) is 51.5 Å². The van der Waals surface area contributed by atoms with Gasteiger partial charge in [-0.3, -0.25) is 19.3 Å². The maximum atomic E-state index is 13.0. The van der Waals surface area contributed by atoms with Crippen LogP contribution >= 0.6 is 57.6 Å². The van der Waals surface area contributed by atoms with E-state index in [0.29, 0.717) is 46.8 Å².